The molecule has 0 fully saturated rings. The third-order valence-electron chi connectivity index (χ3n) is 0.934. The van der Waals surface area contributed by atoms with Crippen molar-refractivity contribution in [1.29, 1.82) is 0 Å². The second kappa shape index (κ2) is 10.7. The van der Waals surface area contributed by atoms with Crippen LogP contribution in [-0.2, 0) is 31.2 Å². The largest absolute Gasteiger partial charge is 3.00 e. The van der Waals surface area contributed by atoms with Gasteiger partial charge in [-0.05, 0) is 20.8 Å². The van der Waals surface area contributed by atoms with Gasteiger partial charge < -0.3 is 17.0 Å². The minimum absolute atomic E-state index is 0. The molecule has 3 heteroatoms. The molecular weight excluding hydrogens is 212 g/mol. The van der Waals surface area contributed by atoms with Gasteiger partial charge in [0.05, 0.1) is 5.60 Å². The number of hydrogen-bond acceptors (Lipinski definition) is 2. The van der Waals surface area contributed by atoms with Crippen molar-refractivity contribution in [3.05, 3.63) is 31.7 Å². The van der Waals surface area contributed by atoms with Gasteiger partial charge in [0.2, 0.25) is 0 Å². The molecule has 0 aromatic carbocycles. The van der Waals surface area contributed by atoms with E-state index in [9.17, 15) is 4.79 Å². The fourth-order valence-corrected chi connectivity index (χ4v) is 0.465. The molecule has 1 aliphatic carbocycles. The molecule has 0 bridgehead atoms. The maximum absolute atomic E-state index is 9.47. The Labute approximate surface area is 102 Å². The molecule has 0 aromatic rings. The van der Waals surface area contributed by atoms with Gasteiger partial charge in [-0.2, -0.15) is 6.08 Å². The Kier molecular flexibility index (Phi) is 14.8. The molecule has 0 aromatic heterocycles. The SMILES string of the molecule is CC(C)(C)O[C-]=O.[C-]1=CC=CC1.[CH3-].[Ti+3]. The van der Waals surface area contributed by atoms with Crippen LogP contribution in [0.25, 0.3) is 0 Å². The van der Waals surface area contributed by atoms with Crippen LogP contribution < -0.4 is 0 Å². The number of ether oxygens (including phenoxy) is 1. The van der Waals surface area contributed by atoms with Crippen LogP contribution in [0.3, 0.4) is 0 Å². The van der Waals surface area contributed by atoms with E-state index in [2.05, 4.69) is 16.9 Å². The van der Waals surface area contributed by atoms with Crippen molar-refractivity contribution in [2.75, 3.05) is 0 Å². The fourth-order valence-electron chi connectivity index (χ4n) is 0.465. The summed E-state index contributed by atoms with van der Waals surface area (Å²) >= 11 is 0. The van der Waals surface area contributed by atoms with Crippen molar-refractivity contribution in [2.45, 2.75) is 32.8 Å². The number of allylic oxidation sites excluding steroid dienone is 4. The second-order valence-electron chi connectivity index (χ2n) is 3.30. The Morgan fingerprint density at radius 2 is 2.00 bits per heavy atom. The summed E-state index contributed by atoms with van der Waals surface area (Å²) in [6.07, 6.45) is 10.0. The topological polar surface area (TPSA) is 26.3 Å². The van der Waals surface area contributed by atoms with Crippen LogP contribution in [0.5, 0.6) is 0 Å². The van der Waals surface area contributed by atoms with Crippen LogP contribution in [0.4, 0.5) is 0 Å². The summed E-state index contributed by atoms with van der Waals surface area (Å²) in [5, 5.41) is 0. The zero-order valence-corrected chi connectivity index (χ0v) is 10.8. The van der Waals surface area contributed by atoms with Gasteiger partial charge in [-0.1, -0.05) is 6.47 Å². The summed E-state index contributed by atoms with van der Waals surface area (Å²) < 4.78 is 4.42. The molecule has 0 unspecified atom stereocenters. The minimum Gasteiger partial charge on any atom is -0.649 e. The smallest absolute Gasteiger partial charge is 0.649 e. The standard InChI is InChI=1S/C5H9O2.C5H5.CH3.Ti/c1-5(2,3)7-4-6;1-2-4-5-3-1;;/h1-3H3;1-3H,4H2;1H3;/q3*-1;+3. The summed E-state index contributed by atoms with van der Waals surface area (Å²) in [5.41, 5.74) is -0.373. The van der Waals surface area contributed by atoms with Crippen molar-refractivity contribution in [2.24, 2.45) is 0 Å². The number of hydrogen-bond donors (Lipinski definition) is 0. The molecule has 77 valence electrons. The van der Waals surface area contributed by atoms with Gasteiger partial charge in [0.25, 0.3) is 0 Å². The number of carbonyl (C=O) groups excluding carboxylic acids is 1. The summed E-state index contributed by atoms with van der Waals surface area (Å²) in [6.45, 7) is 6.73. The number of rotatable bonds is 1. The van der Waals surface area contributed by atoms with Gasteiger partial charge >= 0.3 is 21.7 Å². The minimum atomic E-state index is -0.373. The van der Waals surface area contributed by atoms with Gasteiger partial charge in [-0.25, -0.2) is 12.2 Å². The van der Waals surface area contributed by atoms with Crippen LogP contribution in [0, 0.1) is 13.5 Å². The first kappa shape index (κ1) is 19.3. The van der Waals surface area contributed by atoms with Crippen molar-refractivity contribution >= 4 is 6.47 Å². The molecule has 1 radical (unpaired) electrons. The first-order valence-corrected chi connectivity index (χ1v) is 3.83. The van der Waals surface area contributed by atoms with Gasteiger partial charge in [-0.3, -0.25) is 6.08 Å². The van der Waals surface area contributed by atoms with E-state index in [4.69, 9.17) is 0 Å². The maximum atomic E-state index is 9.47. The fraction of sp³-hybridized carbons (Fsp3) is 0.455. The summed E-state index contributed by atoms with van der Waals surface area (Å²) in [5.74, 6) is 0. The van der Waals surface area contributed by atoms with Crippen LogP contribution in [0.1, 0.15) is 27.2 Å². The van der Waals surface area contributed by atoms with E-state index in [0.29, 0.717) is 0 Å². The van der Waals surface area contributed by atoms with Gasteiger partial charge in [-0.15, -0.1) is 6.42 Å². The van der Waals surface area contributed by atoms with Crippen LogP contribution >= 0.6 is 0 Å². The van der Waals surface area contributed by atoms with E-state index in [1.54, 1.807) is 20.8 Å². The molecule has 0 heterocycles. The van der Waals surface area contributed by atoms with Crippen molar-refractivity contribution < 1.29 is 31.2 Å². The Morgan fingerprint density at radius 3 is 2.07 bits per heavy atom. The molecule has 1 aliphatic rings. The quantitative estimate of drug-likeness (QED) is 0.510. The Hall–Kier alpha value is -0.336. The molecule has 0 atom stereocenters. The summed E-state index contributed by atoms with van der Waals surface area (Å²) in [7, 11) is 0. The van der Waals surface area contributed by atoms with E-state index < -0.39 is 0 Å². The average Bonchev–Trinajstić information content (AvgIpc) is 2.38. The molecule has 2 nitrogen and oxygen atoms in total. The third-order valence-corrected chi connectivity index (χ3v) is 0.934. The predicted molar refractivity (Wildman–Crippen MR) is 54.5 cm³/mol. The normalized spacial score (nSPS) is 11.6. The van der Waals surface area contributed by atoms with E-state index in [0.717, 1.165) is 6.42 Å². The van der Waals surface area contributed by atoms with Gasteiger partial charge in [0.1, 0.15) is 0 Å². The predicted octanol–water partition coefficient (Wildman–Crippen LogP) is 2.62. The van der Waals surface area contributed by atoms with Crippen LogP contribution in [-0.4, -0.2) is 12.1 Å². The molecule has 0 saturated heterocycles. The Morgan fingerprint density at radius 1 is 1.43 bits per heavy atom. The zero-order valence-electron chi connectivity index (χ0n) is 9.26. The third kappa shape index (κ3) is 17.7. The monoisotopic (exact) mass is 229 g/mol. The zero-order chi connectivity index (χ0) is 9.45. The molecule has 0 spiro atoms. The van der Waals surface area contributed by atoms with E-state index in [1.807, 2.05) is 12.2 Å². The van der Waals surface area contributed by atoms with E-state index >= 15 is 0 Å². The molecule has 14 heavy (non-hydrogen) atoms. The van der Waals surface area contributed by atoms with Crippen LogP contribution in [0.2, 0.25) is 0 Å². The Balaban J connectivity index is -0.000000155. The first-order chi connectivity index (χ1) is 5.56. The maximum Gasteiger partial charge on any atom is 3.00 e. The second-order valence-corrected chi connectivity index (χ2v) is 3.30. The van der Waals surface area contributed by atoms with Gasteiger partial charge in [0, 0.05) is 0 Å². The van der Waals surface area contributed by atoms with Crippen molar-refractivity contribution in [3.8, 4) is 0 Å². The molecule has 1 rings (SSSR count). The van der Waals surface area contributed by atoms with Crippen molar-refractivity contribution in [1.82, 2.24) is 0 Å². The molecule has 0 N–H and O–H groups in total. The molecule has 0 saturated carbocycles. The Bertz CT molecular complexity index is 168. The summed E-state index contributed by atoms with van der Waals surface area (Å²) in [4.78, 5) is 9.47. The first-order valence-electron chi connectivity index (χ1n) is 3.83. The van der Waals surface area contributed by atoms with E-state index in [1.165, 1.54) is 6.47 Å². The van der Waals surface area contributed by atoms with Crippen molar-refractivity contribution in [3.63, 3.8) is 0 Å². The summed E-state index contributed by atoms with van der Waals surface area (Å²) in [6, 6.07) is 0. The molecular formula is C11H17O2Ti. The van der Waals surface area contributed by atoms with Gasteiger partial charge in [0.15, 0.2) is 0 Å². The average molecular weight is 229 g/mol. The molecule has 0 amide bonds. The van der Waals surface area contributed by atoms with E-state index in [-0.39, 0.29) is 34.7 Å². The molecule has 0 aliphatic heterocycles. The van der Waals surface area contributed by atoms with Crippen LogP contribution in [0.15, 0.2) is 18.2 Å².